The van der Waals surface area contributed by atoms with Gasteiger partial charge < -0.3 is 0 Å². The van der Waals surface area contributed by atoms with Gasteiger partial charge in [-0.3, -0.25) is 0 Å². The summed E-state index contributed by atoms with van der Waals surface area (Å²) in [5.41, 5.74) is 0.921. The Kier molecular flexibility index (Phi) is 4.23. The Hall–Kier alpha value is -0.580. The summed E-state index contributed by atoms with van der Waals surface area (Å²) in [6.07, 6.45) is 1.82. The molecular weight excluding hydrogens is 282 g/mol. The molecule has 0 atom stereocenters. The van der Waals surface area contributed by atoms with Gasteiger partial charge in [-0.2, -0.15) is 0 Å². The van der Waals surface area contributed by atoms with Crippen LogP contribution in [0, 0.1) is 5.41 Å². The summed E-state index contributed by atoms with van der Waals surface area (Å²) in [4.78, 5) is 0. The quantitative estimate of drug-likeness (QED) is 0.859. The van der Waals surface area contributed by atoms with Gasteiger partial charge in [-0.25, -0.2) is 12.7 Å². The van der Waals surface area contributed by atoms with Gasteiger partial charge in [0, 0.05) is 18.1 Å². The molecule has 0 bridgehead atoms. The zero-order valence-corrected chi connectivity index (χ0v) is 13.0. The van der Waals surface area contributed by atoms with Crippen molar-refractivity contribution in [2.75, 3.05) is 13.1 Å². The van der Waals surface area contributed by atoms with Gasteiger partial charge in [0.25, 0.3) is 0 Å². The first-order valence-corrected chi connectivity index (χ1v) is 8.50. The van der Waals surface area contributed by atoms with Crippen molar-refractivity contribution < 1.29 is 8.42 Å². The smallest absolute Gasteiger partial charge is 0.212 e. The third-order valence-corrected chi connectivity index (χ3v) is 5.96. The van der Waals surface area contributed by atoms with Gasteiger partial charge in [0.2, 0.25) is 10.0 Å². The second-order valence-electron chi connectivity index (χ2n) is 5.91. The third kappa shape index (κ3) is 3.71. The van der Waals surface area contributed by atoms with Crippen LogP contribution in [-0.2, 0) is 15.8 Å². The van der Waals surface area contributed by atoms with Gasteiger partial charge >= 0.3 is 0 Å². The summed E-state index contributed by atoms with van der Waals surface area (Å²) >= 11 is 6.03. The molecule has 1 saturated heterocycles. The Labute approximate surface area is 120 Å². The Morgan fingerprint density at radius 2 is 1.79 bits per heavy atom. The van der Waals surface area contributed by atoms with Crippen molar-refractivity contribution in [3.05, 3.63) is 34.9 Å². The molecule has 5 heteroatoms. The molecule has 3 nitrogen and oxygen atoms in total. The maximum atomic E-state index is 12.4. The predicted octanol–water partition coefficient (Wildman–Crippen LogP) is 3.29. The van der Waals surface area contributed by atoms with Crippen LogP contribution in [0.4, 0.5) is 0 Å². The van der Waals surface area contributed by atoms with Gasteiger partial charge in [0.05, 0.1) is 5.75 Å². The van der Waals surface area contributed by atoms with Crippen molar-refractivity contribution in [1.29, 1.82) is 0 Å². The highest BCUT2D eigenvalue weighted by molar-refractivity contribution is 7.88. The fourth-order valence-corrected chi connectivity index (χ4v) is 4.12. The van der Waals surface area contributed by atoms with Crippen LogP contribution in [0.25, 0.3) is 0 Å². The number of benzene rings is 1. The summed E-state index contributed by atoms with van der Waals surface area (Å²) in [5.74, 6) is -0.00684. The molecule has 1 fully saturated rings. The van der Waals surface area contributed by atoms with Crippen LogP contribution >= 0.6 is 11.6 Å². The van der Waals surface area contributed by atoms with E-state index in [4.69, 9.17) is 11.6 Å². The lowest BCUT2D eigenvalue weighted by atomic mass is 9.83. The molecule has 2 rings (SSSR count). The molecule has 0 aromatic heterocycles. The van der Waals surface area contributed by atoms with Gasteiger partial charge in [0.1, 0.15) is 0 Å². The number of hydrogen-bond donors (Lipinski definition) is 0. The van der Waals surface area contributed by atoms with Crippen LogP contribution in [0.1, 0.15) is 32.3 Å². The van der Waals surface area contributed by atoms with Gasteiger partial charge in [-0.1, -0.05) is 43.6 Å². The topological polar surface area (TPSA) is 37.4 Å². The highest BCUT2D eigenvalue weighted by atomic mass is 35.5. The molecule has 1 aromatic rings. The second-order valence-corrected chi connectivity index (χ2v) is 8.29. The molecule has 0 N–H and O–H groups in total. The second kappa shape index (κ2) is 5.43. The minimum atomic E-state index is -3.26. The zero-order chi connectivity index (χ0) is 14.1. The van der Waals surface area contributed by atoms with Crippen LogP contribution in [0.3, 0.4) is 0 Å². The van der Waals surface area contributed by atoms with E-state index in [2.05, 4.69) is 13.8 Å². The molecule has 19 heavy (non-hydrogen) atoms. The van der Waals surface area contributed by atoms with Crippen LogP contribution in [-0.4, -0.2) is 25.8 Å². The lowest BCUT2D eigenvalue weighted by Crippen LogP contribution is -2.41. The number of nitrogens with zero attached hydrogens (tertiary/aromatic N) is 1. The van der Waals surface area contributed by atoms with E-state index in [0.717, 1.165) is 12.8 Å². The lowest BCUT2D eigenvalue weighted by molar-refractivity contribution is 0.195. The van der Waals surface area contributed by atoms with E-state index in [1.54, 1.807) is 16.4 Å². The molecule has 0 aliphatic carbocycles. The highest BCUT2D eigenvalue weighted by Gasteiger charge is 2.31. The number of hydrogen-bond acceptors (Lipinski definition) is 2. The Morgan fingerprint density at radius 1 is 1.21 bits per heavy atom. The van der Waals surface area contributed by atoms with Gasteiger partial charge in [0.15, 0.2) is 0 Å². The van der Waals surface area contributed by atoms with Crippen molar-refractivity contribution in [2.24, 2.45) is 5.41 Å². The molecule has 0 saturated carbocycles. The molecule has 0 spiro atoms. The minimum Gasteiger partial charge on any atom is -0.212 e. The van der Waals surface area contributed by atoms with E-state index in [1.807, 2.05) is 12.1 Å². The maximum absolute atomic E-state index is 12.4. The molecule has 106 valence electrons. The molecular formula is C14H20ClNO2S. The zero-order valence-electron chi connectivity index (χ0n) is 11.4. The first-order valence-electron chi connectivity index (χ1n) is 6.51. The summed E-state index contributed by atoms with van der Waals surface area (Å²) in [5, 5.41) is 0.517. The van der Waals surface area contributed by atoms with Gasteiger partial charge in [-0.05, 0) is 29.9 Å². The van der Waals surface area contributed by atoms with Crippen LogP contribution in [0.15, 0.2) is 24.3 Å². The number of rotatable bonds is 3. The minimum absolute atomic E-state index is 0.00684. The summed E-state index contributed by atoms with van der Waals surface area (Å²) in [6, 6.07) is 7.12. The molecule has 0 amide bonds. The molecule has 1 heterocycles. The number of sulfonamides is 1. The molecule has 0 radical (unpaired) electrons. The van der Waals surface area contributed by atoms with Crippen LogP contribution < -0.4 is 0 Å². The van der Waals surface area contributed by atoms with Crippen molar-refractivity contribution in [1.82, 2.24) is 4.31 Å². The van der Waals surface area contributed by atoms with Crippen molar-refractivity contribution >= 4 is 21.6 Å². The Bertz CT molecular complexity index is 544. The predicted molar refractivity (Wildman–Crippen MR) is 78.7 cm³/mol. The SMILES string of the molecule is CC1(C)CCN(S(=O)(=O)Cc2ccccc2Cl)CC1. The van der Waals surface area contributed by atoms with Crippen molar-refractivity contribution in [2.45, 2.75) is 32.4 Å². The molecule has 1 aliphatic rings. The van der Waals surface area contributed by atoms with Gasteiger partial charge in [-0.15, -0.1) is 0 Å². The summed E-state index contributed by atoms with van der Waals surface area (Å²) < 4.78 is 26.4. The maximum Gasteiger partial charge on any atom is 0.218 e. The third-order valence-electron chi connectivity index (χ3n) is 3.77. The Balaban J connectivity index is 2.10. The largest absolute Gasteiger partial charge is 0.218 e. The standard InChI is InChI=1S/C14H20ClNO2S/c1-14(2)7-9-16(10-8-14)19(17,18)11-12-5-3-4-6-13(12)15/h3-6H,7-11H2,1-2H3. The van der Waals surface area contributed by atoms with Crippen molar-refractivity contribution in [3.63, 3.8) is 0 Å². The molecule has 1 aromatic carbocycles. The molecule has 1 aliphatic heterocycles. The van der Waals surface area contributed by atoms with E-state index < -0.39 is 10.0 Å². The Morgan fingerprint density at radius 3 is 2.37 bits per heavy atom. The fourth-order valence-electron chi connectivity index (χ4n) is 2.27. The highest BCUT2D eigenvalue weighted by Crippen LogP contribution is 2.31. The lowest BCUT2D eigenvalue weighted by Gasteiger charge is -2.36. The van der Waals surface area contributed by atoms with E-state index in [1.165, 1.54) is 0 Å². The average Bonchev–Trinajstić information content (AvgIpc) is 2.31. The van der Waals surface area contributed by atoms with Crippen LogP contribution in [0.5, 0.6) is 0 Å². The first-order chi connectivity index (χ1) is 8.80. The first kappa shape index (κ1) is 14.8. The monoisotopic (exact) mass is 301 g/mol. The van der Waals surface area contributed by atoms with E-state index in [-0.39, 0.29) is 11.2 Å². The van der Waals surface area contributed by atoms with Crippen molar-refractivity contribution in [3.8, 4) is 0 Å². The van der Waals surface area contributed by atoms with E-state index >= 15 is 0 Å². The fraction of sp³-hybridized carbons (Fsp3) is 0.571. The number of halogens is 1. The number of piperidine rings is 1. The molecule has 0 unspecified atom stereocenters. The van der Waals surface area contributed by atoms with E-state index in [0.29, 0.717) is 23.7 Å². The summed E-state index contributed by atoms with van der Waals surface area (Å²) in [7, 11) is -3.26. The van der Waals surface area contributed by atoms with E-state index in [9.17, 15) is 8.42 Å². The van der Waals surface area contributed by atoms with Crippen LogP contribution in [0.2, 0.25) is 5.02 Å². The summed E-state index contributed by atoms with van der Waals surface area (Å²) in [6.45, 7) is 5.59. The normalized spacial score (nSPS) is 20.4. The average molecular weight is 302 g/mol.